The van der Waals surface area contributed by atoms with Crippen LogP contribution in [0.3, 0.4) is 0 Å². The van der Waals surface area contributed by atoms with Crippen LogP contribution >= 0.6 is 0 Å². The third kappa shape index (κ3) is 3.44. The largest absolute Gasteiger partial charge is 0.310 e. The fourth-order valence-electron chi connectivity index (χ4n) is 1.48. The van der Waals surface area contributed by atoms with Crippen molar-refractivity contribution < 1.29 is 9.18 Å². The molecule has 0 aliphatic carbocycles. The predicted molar refractivity (Wildman–Crippen MR) is 58.2 cm³/mol. The van der Waals surface area contributed by atoms with Crippen LogP contribution in [0.5, 0.6) is 0 Å². The standard InChI is InChI=1S/C12H16FNO/c1-3-12(15)11(14-2)8-9-4-6-10(13)7-5-9/h4-7,11,14H,3,8H2,1-2H3/t11-/m1/s1. The van der Waals surface area contributed by atoms with Crippen molar-refractivity contribution >= 4 is 5.78 Å². The highest BCUT2D eigenvalue weighted by Gasteiger charge is 2.14. The van der Waals surface area contributed by atoms with E-state index < -0.39 is 0 Å². The second-order valence-electron chi connectivity index (χ2n) is 3.49. The van der Waals surface area contributed by atoms with Crippen LogP contribution in [0.4, 0.5) is 4.39 Å². The Morgan fingerprint density at radius 1 is 1.40 bits per heavy atom. The number of hydrogen-bond donors (Lipinski definition) is 1. The summed E-state index contributed by atoms with van der Waals surface area (Å²) >= 11 is 0. The molecule has 0 unspecified atom stereocenters. The van der Waals surface area contributed by atoms with Crippen molar-refractivity contribution in [2.24, 2.45) is 0 Å². The number of rotatable bonds is 5. The summed E-state index contributed by atoms with van der Waals surface area (Å²) in [6, 6.07) is 6.09. The monoisotopic (exact) mass is 209 g/mol. The highest BCUT2D eigenvalue weighted by molar-refractivity contribution is 5.83. The van der Waals surface area contributed by atoms with Crippen molar-refractivity contribution in [3.63, 3.8) is 0 Å². The van der Waals surface area contributed by atoms with E-state index in [2.05, 4.69) is 5.32 Å². The van der Waals surface area contributed by atoms with Crippen molar-refractivity contribution in [3.05, 3.63) is 35.6 Å². The molecule has 0 aliphatic heterocycles. The Morgan fingerprint density at radius 2 is 2.00 bits per heavy atom. The van der Waals surface area contributed by atoms with Gasteiger partial charge in [-0.2, -0.15) is 0 Å². The van der Waals surface area contributed by atoms with Crippen LogP contribution in [-0.4, -0.2) is 18.9 Å². The van der Waals surface area contributed by atoms with E-state index in [-0.39, 0.29) is 17.6 Å². The third-order valence-electron chi connectivity index (χ3n) is 2.44. The number of carbonyl (C=O) groups excluding carboxylic acids is 1. The van der Waals surface area contributed by atoms with Crippen LogP contribution in [0.15, 0.2) is 24.3 Å². The lowest BCUT2D eigenvalue weighted by Gasteiger charge is -2.13. The molecule has 1 aromatic carbocycles. The van der Waals surface area contributed by atoms with Gasteiger partial charge in [-0.15, -0.1) is 0 Å². The molecule has 15 heavy (non-hydrogen) atoms. The molecule has 1 N–H and O–H groups in total. The van der Waals surface area contributed by atoms with Gasteiger partial charge < -0.3 is 5.32 Å². The van der Waals surface area contributed by atoms with Crippen molar-refractivity contribution in [1.29, 1.82) is 0 Å². The second kappa shape index (κ2) is 5.61. The summed E-state index contributed by atoms with van der Waals surface area (Å²) in [7, 11) is 1.77. The van der Waals surface area contributed by atoms with Gasteiger partial charge in [-0.3, -0.25) is 4.79 Å². The Kier molecular flexibility index (Phi) is 4.43. The topological polar surface area (TPSA) is 29.1 Å². The van der Waals surface area contributed by atoms with E-state index in [9.17, 15) is 9.18 Å². The maximum Gasteiger partial charge on any atom is 0.149 e. The lowest BCUT2D eigenvalue weighted by Crippen LogP contribution is -2.35. The summed E-state index contributed by atoms with van der Waals surface area (Å²) in [5.41, 5.74) is 0.970. The van der Waals surface area contributed by atoms with Gasteiger partial charge in [0.1, 0.15) is 11.6 Å². The lowest BCUT2D eigenvalue weighted by molar-refractivity contribution is -0.120. The molecule has 1 aromatic rings. The normalized spacial score (nSPS) is 12.5. The molecular formula is C12H16FNO. The van der Waals surface area contributed by atoms with Gasteiger partial charge >= 0.3 is 0 Å². The zero-order valence-electron chi connectivity index (χ0n) is 9.09. The SMILES string of the molecule is CCC(=O)[C@@H](Cc1ccc(F)cc1)NC. The minimum atomic E-state index is -0.249. The fourth-order valence-corrected chi connectivity index (χ4v) is 1.48. The van der Waals surface area contributed by atoms with Crippen molar-refractivity contribution in [2.45, 2.75) is 25.8 Å². The molecule has 2 nitrogen and oxygen atoms in total. The molecule has 0 radical (unpaired) electrons. The number of ketones is 1. The maximum absolute atomic E-state index is 12.6. The van der Waals surface area contributed by atoms with Crippen molar-refractivity contribution in [2.75, 3.05) is 7.05 Å². The highest BCUT2D eigenvalue weighted by Crippen LogP contribution is 2.07. The Bertz CT molecular complexity index is 321. The zero-order valence-corrected chi connectivity index (χ0v) is 9.09. The number of halogens is 1. The first-order chi connectivity index (χ1) is 7.17. The summed E-state index contributed by atoms with van der Waals surface area (Å²) in [6.45, 7) is 1.84. The van der Waals surface area contributed by atoms with E-state index in [0.29, 0.717) is 12.8 Å². The first-order valence-electron chi connectivity index (χ1n) is 5.11. The summed E-state index contributed by atoms with van der Waals surface area (Å²) < 4.78 is 12.6. The van der Waals surface area contributed by atoms with Gasteiger partial charge in [0.2, 0.25) is 0 Å². The molecule has 1 rings (SSSR count). The molecule has 0 saturated carbocycles. The van der Waals surface area contributed by atoms with E-state index in [4.69, 9.17) is 0 Å². The molecule has 1 atom stereocenters. The summed E-state index contributed by atoms with van der Waals surface area (Å²) in [6.07, 6.45) is 1.14. The van der Waals surface area contributed by atoms with Crippen LogP contribution in [0, 0.1) is 5.82 Å². The number of benzene rings is 1. The van der Waals surface area contributed by atoms with E-state index in [1.807, 2.05) is 6.92 Å². The summed E-state index contributed by atoms with van der Waals surface area (Å²) in [5, 5.41) is 2.97. The van der Waals surface area contributed by atoms with Gasteiger partial charge in [0.05, 0.1) is 6.04 Å². The van der Waals surface area contributed by atoms with Gasteiger partial charge in [-0.1, -0.05) is 19.1 Å². The van der Waals surface area contributed by atoms with Gasteiger partial charge in [0.25, 0.3) is 0 Å². The Balaban J connectivity index is 2.66. The average Bonchev–Trinajstić information content (AvgIpc) is 2.27. The van der Waals surface area contributed by atoms with Crippen LogP contribution in [0.2, 0.25) is 0 Å². The minimum Gasteiger partial charge on any atom is -0.310 e. The first kappa shape index (κ1) is 11.9. The molecule has 0 bridgehead atoms. The van der Waals surface area contributed by atoms with Gasteiger partial charge in [0.15, 0.2) is 0 Å². The predicted octanol–water partition coefficient (Wildman–Crippen LogP) is 1.94. The van der Waals surface area contributed by atoms with E-state index in [1.165, 1.54) is 12.1 Å². The molecular weight excluding hydrogens is 193 g/mol. The molecule has 0 saturated heterocycles. The molecule has 0 aromatic heterocycles. The Morgan fingerprint density at radius 3 is 2.47 bits per heavy atom. The van der Waals surface area contributed by atoms with Gasteiger partial charge in [-0.25, -0.2) is 4.39 Å². The molecule has 0 spiro atoms. The van der Waals surface area contributed by atoms with Crippen molar-refractivity contribution in [1.82, 2.24) is 5.32 Å². The fraction of sp³-hybridized carbons (Fsp3) is 0.417. The van der Waals surface area contributed by atoms with Gasteiger partial charge in [0, 0.05) is 6.42 Å². The number of likely N-dealkylation sites (N-methyl/N-ethyl adjacent to an activating group) is 1. The highest BCUT2D eigenvalue weighted by atomic mass is 19.1. The van der Waals surface area contributed by atoms with E-state index >= 15 is 0 Å². The van der Waals surface area contributed by atoms with Crippen molar-refractivity contribution in [3.8, 4) is 0 Å². The number of carbonyl (C=O) groups is 1. The summed E-state index contributed by atoms with van der Waals surface area (Å²) in [5.74, 6) is -0.0663. The zero-order chi connectivity index (χ0) is 11.3. The average molecular weight is 209 g/mol. The van der Waals surface area contributed by atoms with Crippen LogP contribution < -0.4 is 5.32 Å². The number of nitrogens with one attached hydrogen (secondary N) is 1. The molecule has 3 heteroatoms. The van der Waals surface area contributed by atoms with Crippen LogP contribution in [-0.2, 0) is 11.2 Å². The molecule has 0 aliphatic rings. The van der Waals surface area contributed by atoms with E-state index in [0.717, 1.165) is 5.56 Å². The third-order valence-corrected chi connectivity index (χ3v) is 2.44. The first-order valence-corrected chi connectivity index (χ1v) is 5.11. The minimum absolute atomic E-state index is 0.166. The quantitative estimate of drug-likeness (QED) is 0.803. The lowest BCUT2D eigenvalue weighted by atomic mass is 10.0. The molecule has 0 heterocycles. The number of hydrogen-bond acceptors (Lipinski definition) is 2. The van der Waals surface area contributed by atoms with E-state index in [1.54, 1.807) is 19.2 Å². The Labute approximate surface area is 89.5 Å². The smallest absolute Gasteiger partial charge is 0.149 e. The van der Waals surface area contributed by atoms with Crippen LogP contribution in [0.1, 0.15) is 18.9 Å². The maximum atomic E-state index is 12.6. The molecule has 0 amide bonds. The number of Topliss-reactive ketones (excluding diaryl/α,β-unsaturated/α-hetero) is 1. The van der Waals surface area contributed by atoms with Crippen LogP contribution in [0.25, 0.3) is 0 Å². The van der Waals surface area contributed by atoms with Gasteiger partial charge in [-0.05, 0) is 31.2 Å². The Hall–Kier alpha value is -1.22. The molecule has 0 fully saturated rings. The molecule has 82 valence electrons. The summed E-state index contributed by atoms with van der Waals surface area (Å²) in [4.78, 5) is 11.5. The second-order valence-corrected chi connectivity index (χ2v) is 3.49.